The molecule has 11 heteroatoms. The Morgan fingerprint density at radius 2 is 1.87 bits per heavy atom. The highest BCUT2D eigenvalue weighted by molar-refractivity contribution is 7.90. The Bertz CT molecular complexity index is 1270. The van der Waals surface area contributed by atoms with Gasteiger partial charge in [0.25, 0.3) is 5.91 Å². The second-order valence-electron chi connectivity index (χ2n) is 8.05. The number of pyridine rings is 1. The number of rotatable bonds is 4. The number of nitrogens with zero attached hydrogens (tertiary/aromatic N) is 2. The third kappa shape index (κ3) is 4.58. The SMILES string of the molecule is CS(=O)(=O)c1cc(C(=O)N[C@]2(N)CC[C@@](N)(c3nc4cc(Cl)ccc4s3)CC2)ccn1. The molecule has 3 aromatic rings. The van der Waals surface area contributed by atoms with Crippen molar-refractivity contribution in [2.75, 3.05) is 6.26 Å². The van der Waals surface area contributed by atoms with E-state index in [2.05, 4.69) is 15.3 Å². The zero-order valence-corrected chi connectivity index (χ0v) is 19.1. The van der Waals surface area contributed by atoms with Crippen molar-refractivity contribution in [3.8, 4) is 0 Å². The van der Waals surface area contributed by atoms with Gasteiger partial charge in [-0.25, -0.2) is 18.4 Å². The van der Waals surface area contributed by atoms with Crippen LogP contribution in [0.2, 0.25) is 5.02 Å². The summed E-state index contributed by atoms with van der Waals surface area (Å²) in [5, 5.41) is 4.13. The molecule has 1 saturated carbocycles. The number of carbonyl (C=O) groups is 1. The molecule has 0 saturated heterocycles. The van der Waals surface area contributed by atoms with E-state index in [1.54, 1.807) is 0 Å². The second-order valence-corrected chi connectivity index (χ2v) is 11.5. The van der Waals surface area contributed by atoms with E-state index in [4.69, 9.17) is 23.1 Å². The Labute approximate surface area is 188 Å². The van der Waals surface area contributed by atoms with Gasteiger partial charge in [-0.05, 0) is 56.0 Å². The summed E-state index contributed by atoms with van der Waals surface area (Å²) in [6, 6.07) is 8.27. The molecule has 0 radical (unpaired) electrons. The minimum absolute atomic E-state index is 0.160. The molecule has 0 aliphatic heterocycles. The van der Waals surface area contributed by atoms with Crippen molar-refractivity contribution in [3.63, 3.8) is 0 Å². The highest BCUT2D eigenvalue weighted by Gasteiger charge is 2.42. The van der Waals surface area contributed by atoms with Gasteiger partial charge in [-0.3, -0.25) is 4.79 Å². The zero-order chi connectivity index (χ0) is 22.4. The fourth-order valence-electron chi connectivity index (χ4n) is 3.65. The molecule has 0 spiro atoms. The lowest BCUT2D eigenvalue weighted by Crippen LogP contribution is -2.60. The first-order valence-electron chi connectivity index (χ1n) is 9.61. The Kier molecular flexibility index (Phi) is 5.55. The Balaban J connectivity index is 1.48. The fourth-order valence-corrected chi connectivity index (χ4v) is 5.51. The van der Waals surface area contributed by atoms with Crippen LogP contribution in [0, 0.1) is 0 Å². The molecule has 8 nitrogen and oxygen atoms in total. The number of hydrogen-bond acceptors (Lipinski definition) is 8. The van der Waals surface area contributed by atoms with E-state index in [1.165, 1.54) is 29.7 Å². The van der Waals surface area contributed by atoms with Crippen molar-refractivity contribution in [2.45, 2.75) is 41.9 Å². The normalized spacial score (nSPS) is 24.3. The number of benzene rings is 1. The topological polar surface area (TPSA) is 141 Å². The number of carbonyl (C=O) groups excluding carboxylic acids is 1. The van der Waals surface area contributed by atoms with E-state index in [1.807, 2.05) is 18.2 Å². The van der Waals surface area contributed by atoms with Crippen LogP contribution in [-0.4, -0.2) is 36.2 Å². The maximum atomic E-state index is 12.7. The summed E-state index contributed by atoms with van der Waals surface area (Å²) >= 11 is 7.60. The highest BCUT2D eigenvalue weighted by Crippen LogP contribution is 2.41. The molecular formula is C20H22ClN5O3S2. The van der Waals surface area contributed by atoms with Crippen LogP contribution < -0.4 is 16.8 Å². The summed E-state index contributed by atoms with van der Waals surface area (Å²) in [5.74, 6) is -0.450. The third-order valence-electron chi connectivity index (χ3n) is 5.55. The average molecular weight is 480 g/mol. The van der Waals surface area contributed by atoms with E-state index >= 15 is 0 Å². The summed E-state index contributed by atoms with van der Waals surface area (Å²) in [6.07, 6.45) is 4.33. The summed E-state index contributed by atoms with van der Waals surface area (Å²) in [5.41, 5.74) is 12.6. The Hall–Kier alpha value is -2.11. The van der Waals surface area contributed by atoms with Gasteiger partial charge in [0.2, 0.25) is 0 Å². The minimum Gasteiger partial charge on any atom is -0.334 e. The molecule has 164 valence electrons. The largest absolute Gasteiger partial charge is 0.334 e. The van der Waals surface area contributed by atoms with Crippen LogP contribution in [0.1, 0.15) is 41.0 Å². The fraction of sp³-hybridized carbons (Fsp3) is 0.350. The number of hydrogen-bond donors (Lipinski definition) is 3. The van der Waals surface area contributed by atoms with Crippen molar-refractivity contribution >= 4 is 48.9 Å². The molecule has 0 atom stereocenters. The van der Waals surface area contributed by atoms with Crippen LogP contribution in [0.15, 0.2) is 41.6 Å². The van der Waals surface area contributed by atoms with Crippen LogP contribution in [0.4, 0.5) is 0 Å². The maximum Gasteiger partial charge on any atom is 0.252 e. The van der Waals surface area contributed by atoms with E-state index in [0.717, 1.165) is 21.5 Å². The van der Waals surface area contributed by atoms with E-state index in [0.29, 0.717) is 30.7 Å². The summed E-state index contributed by atoms with van der Waals surface area (Å²) in [4.78, 5) is 21.2. The van der Waals surface area contributed by atoms with Crippen LogP contribution in [-0.2, 0) is 15.4 Å². The van der Waals surface area contributed by atoms with Gasteiger partial charge in [0, 0.05) is 23.0 Å². The predicted molar refractivity (Wildman–Crippen MR) is 121 cm³/mol. The van der Waals surface area contributed by atoms with Gasteiger partial charge in [0.05, 0.1) is 21.4 Å². The number of amides is 1. The molecule has 4 rings (SSSR count). The van der Waals surface area contributed by atoms with Gasteiger partial charge in [-0.2, -0.15) is 0 Å². The zero-order valence-electron chi connectivity index (χ0n) is 16.8. The Morgan fingerprint density at radius 1 is 1.16 bits per heavy atom. The molecule has 0 unspecified atom stereocenters. The first-order valence-corrected chi connectivity index (χ1v) is 12.7. The smallest absolute Gasteiger partial charge is 0.252 e. The lowest BCUT2D eigenvalue weighted by molar-refractivity contribution is 0.0840. The van der Waals surface area contributed by atoms with Crippen LogP contribution in [0.25, 0.3) is 10.2 Å². The molecule has 1 aliphatic rings. The van der Waals surface area contributed by atoms with Gasteiger partial charge in [0.15, 0.2) is 14.9 Å². The standard InChI is InChI=1S/C20H22ClN5O3S2/c1-31(28,29)16-10-12(4-9-24-16)17(27)26-20(23)7-5-19(22,6-8-20)18-25-14-11-13(21)2-3-15(14)30-18/h2-4,9-11H,5-8,22-23H2,1H3,(H,26,27)/t19-,20+. The third-order valence-corrected chi connectivity index (χ3v) is 8.02. The first-order chi connectivity index (χ1) is 14.5. The number of nitrogens with one attached hydrogen (secondary N) is 1. The van der Waals surface area contributed by atoms with Gasteiger partial charge in [-0.1, -0.05) is 11.6 Å². The van der Waals surface area contributed by atoms with Crippen LogP contribution >= 0.6 is 22.9 Å². The molecule has 1 fully saturated rings. The van der Waals surface area contributed by atoms with Crippen LogP contribution in [0.5, 0.6) is 0 Å². The molecule has 1 aromatic carbocycles. The molecule has 5 N–H and O–H groups in total. The van der Waals surface area contributed by atoms with Crippen molar-refractivity contribution in [3.05, 3.63) is 52.1 Å². The lowest BCUT2D eigenvalue weighted by atomic mass is 9.77. The number of aromatic nitrogens is 2. The maximum absolute atomic E-state index is 12.7. The van der Waals surface area contributed by atoms with Crippen molar-refractivity contribution in [1.29, 1.82) is 0 Å². The summed E-state index contributed by atoms with van der Waals surface area (Å²) < 4.78 is 24.4. The van der Waals surface area contributed by atoms with Crippen molar-refractivity contribution in [2.24, 2.45) is 11.5 Å². The van der Waals surface area contributed by atoms with Gasteiger partial charge >= 0.3 is 0 Å². The number of sulfone groups is 1. The number of halogens is 1. The van der Waals surface area contributed by atoms with E-state index in [9.17, 15) is 13.2 Å². The molecule has 31 heavy (non-hydrogen) atoms. The lowest BCUT2D eigenvalue weighted by Gasteiger charge is -2.42. The molecule has 1 aliphatic carbocycles. The molecular weight excluding hydrogens is 458 g/mol. The summed E-state index contributed by atoms with van der Waals surface area (Å²) in [6.45, 7) is 0. The monoisotopic (exact) mass is 479 g/mol. The van der Waals surface area contributed by atoms with Gasteiger partial charge in [0.1, 0.15) is 5.01 Å². The molecule has 0 bridgehead atoms. The number of fused-ring (bicyclic) bond motifs is 1. The van der Waals surface area contributed by atoms with Crippen molar-refractivity contribution in [1.82, 2.24) is 15.3 Å². The number of nitrogens with two attached hydrogens (primary N) is 2. The Morgan fingerprint density at radius 3 is 2.55 bits per heavy atom. The van der Waals surface area contributed by atoms with Crippen molar-refractivity contribution < 1.29 is 13.2 Å². The van der Waals surface area contributed by atoms with Gasteiger partial charge < -0.3 is 16.8 Å². The predicted octanol–water partition coefficient (Wildman–Crippen LogP) is 2.56. The molecule has 2 aromatic heterocycles. The average Bonchev–Trinajstić information content (AvgIpc) is 3.14. The van der Waals surface area contributed by atoms with Gasteiger partial charge in [-0.15, -0.1) is 11.3 Å². The molecule has 1 amide bonds. The van der Waals surface area contributed by atoms with E-state index in [-0.39, 0.29) is 10.6 Å². The minimum atomic E-state index is -3.52. The first kappa shape index (κ1) is 22.1. The second kappa shape index (κ2) is 7.79. The number of thiazole rings is 1. The highest BCUT2D eigenvalue weighted by atomic mass is 35.5. The summed E-state index contributed by atoms with van der Waals surface area (Å²) in [7, 11) is -3.52. The quantitative estimate of drug-likeness (QED) is 0.488. The molecule has 2 heterocycles. The van der Waals surface area contributed by atoms with Crippen LogP contribution in [0.3, 0.4) is 0 Å². The van der Waals surface area contributed by atoms with E-state index < -0.39 is 26.9 Å².